The molecule has 0 N–H and O–H groups in total. The zero-order valence-corrected chi connectivity index (χ0v) is 13.8. The van der Waals surface area contributed by atoms with Crippen molar-refractivity contribution in [1.29, 1.82) is 0 Å². The summed E-state index contributed by atoms with van der Waals surface area (Å²) in [7, 11) is -3.80. The maximum atomic E-state index is 12.8. The van der Waals surface area contributed by atoms with E-state index in [-0.39, 0.29) is 4.90 Å². The lowest BCUT2D eigenvalue weighted by atomic mass is 10.1. The number of aryl methyl sites for hydroxylation is 2. The number of aromatic nitrogens is 3. The maximum absolute atomic E-state index is 12.8. The number of fused-ring (bicyclic) bond motifs is 1. The summed E-state index contributed by atoms with van der Waals surface area (Å²) >= 11 is 3.33. The lowest BCUT2D eigenvalue weighted by molar-refractivity contribution is 0.579. The fourth-order valence-corrected chi connectivity index (χ4v) is 4.51. The van der Waals surface area contributed by atoms with Gasteiger partial charge in [-0.1, -0.05) is 17.3 Å². The van der Waals surface area contributed by atoms with Gasteiger partial charge in [0.05, 0.1) is 0 Å². The van der Waals surface area contributed by atoms with Crippen molar-refractivity contribution in [3.63, 3.8) is 0 Å². The van der Waals surface area contributed by atoms with Gasteiger partial charge < -0.3 is 0 Å². The van der Waals surface area contributed by atoms with E-state index in [9.17, 15) is 8.42 Å². The molecule has 1 aromatic heterocycles. The van der Waals surface area contributed by atoms with Crippen LogP contribution in [0.25, 0.3) is 11.0 Å². The van der Waals surface area contributed by atoms with Crippen LogP contribution in [0.2, 0.25) is 0 Å². The second-order valence-electron chi connectivity index (χ2n) is 4.79. The van der Waals surface area contributed by atoms with Gasteiger partial charge in [0.25, 0.3) is 10.0 Å². The highest BCUT2D eigenvalue weighted by atomic mass is 79.9. The van der Waals surface area contributed by atoms with Crippen molar-refractivity contribution in [3.05, 3.63) is 52.0 Å². The Labute approximate surface area is 130 Å². The summed E-state index contributed by atoms with van der Waals surface area (Å²) in [6, 6.07) is 10.4. The van der Waals surface area contributed by atoms with Gasteiger partial charge >= 0.3 is 0 Å². The molecule has 0 atom stereocenters. The molecule has 1 heterocycles. The summed E-state index contributed by atoms with van der Waals surface area (Å²) in [5.41, 5.74) is 2.93. The van der Waals surface area contributed by atoms with Crippen molar-refractivity contribution in [3.8, 4) is 0 Å². The van der Waals surface area contributed by atoms with Crippen molar-refractivity contribution in [2.75, 3.05) is 0 Å². The standard InChI is InChI=1S/C14H12BrN3O2S/c1-9-7-11(15)14(8-10(9)2)21(19,20)18-13-6-4-3-5-12(13)16-17-18/h3-8H,1-2H3. The largest absolute Gasteiger partial charge is 0.286 e. The molecule has 0 aliphatic carbocycles. The SMILES string of the molecule is Cc1cc(Br)c(S(=O)(=O)n2nnc3ccccc32)cc1C. The molecule has 7 heteroatoms. The Bertz CT molecular complexity index is 948. The summed E-state index contributed by atoms with van der Waals surface area (Å²) in [4.78, 5) is 0.182. The first kappa shape index (κ1) is 14.2. The van der Waals surface area contributed by atoms with Crippen LogP contribution in [0, 0.1) is 13.8 Å². The third-order valence-electron chi connectivity index (χ3n) is 3.38. The van der Waals surface area contributed by atoms with Gasteiger partial charge in [0.2, 0.25) is 0 Å². The van der Waals surface area contributed by atoms with E-state index in [0.29, 0.717) is 15.5 Å². The van der Waals surface area contributed by atoms with Gasteiger partial charge in [-0.15, -0.1) is 9.19 Å². The van der Waals surface area contributed by atoms with Crippen molar-refractivity contribution >= 4 is 37.0 Å². The van der Waals surface area contributed by atoms with E-state index in [1.165, 1.54) is 0 Å². The van der Waals surface area contributed by atoms with E-state index >= 15 is 0 Å². The molecule has 0 spiro atoms. The average Bonchev–Trinajstić information content (AvgIpc) is 2.87. The van der Waals surface area contributed by atoms with E-state index in [0.717, 1.165) is 15.2 Å². The van der Waals surface area contributed by atoms with Gasteiger partial charge in [-0.25, -0.2) is 0 Å². The molecule has 2 aromatic carbocycles. The normalized spacial score (nSPS) is 12.0. The number of halogens is 1. The minimum atomic E-state index is -3.80. The van der Waals surface area contributed by atoms with Crippen LogP contribution >= 0.6 is 15.9 Å². The van der Waals surface area contributed by atoms with Crippen LogP contribution < -0.4 is 0 Å². The first-order valence-electron chi connectivity index (χ1n) is 6.24. The Morgan fingerprint density at radius 1 is 1.10 bits per heavy atom. The van der Waals surface area contributed by atoms with Crippen molar-refractivity contribution in [1.82, 2.24) is 14.4 Å². The summed E-state index contributed by atoms with van der Waals surface area (Å²) in [6.07, 6.45) is 0. The fourth-order valence-electron chi connectivity index (χ4n) is 2.07. The molecule has 0 amide bonds. The smallest absolute Gasteiger partial charge is 0.199 e. The van der Waals surface area contributed by atoms with Crippen LogP contribution in [-0.2, 0) is 10.0 Å². The van der Waals surface area contributed by atoms with Gasteiger partial charge in [0.15, 0.2) is 0 Å². The second-order valence-corrected chi connectivity index (χ2v) is 7.38. The molecule has 0 radical (unpaired) electrons. The summed E-state index contributed by atoms with van der Waals surface area (Å²) < 4.78 is 27.1. The molecule has 3 aromatic rings. The Balaban J connectivity index is 2.29. The number of rotatable bonds is 2. The van der Waals surface area contributed by atoms with Gasteiger partial charge in [0, 0.05) is 4.47 Å². The van der Waals surface area contributed by atoms with E-state index in [1.54, 1.807) is 36.4 Å². The summed E-state index contributed by atoms with van der Waals surface area (Å²) in [5, 5.41) is 7.69. The lowest BCUT2D eigenvalue weighted by Gasteiger charge is -2.10. The molecule has 0 saturated carbocycles. The monoisotopic (exact) mass is 365 g/mol. The molecule has 0 unspecified atom stereocenters. The number of hydrogen-bond acceptors (Lipinski definition) is 4. The van der Waals surface area contributed by atoms with E-state index < -0.39 is 10.0 Å². The molecule has 5 nitrogen and oxygen atoms in total. The molecular formula is C14H12BrN3O2S. The third kappa shape index (κ3) is 2.26. The van der Waals surface area contributed by atoms with Crippen LogP contribution in [0.3, 0.4) is 0 Å². The molecule has 0 aliphatic rings. The second kappa shape index (κ2) is 4.92. The number of benzene rings is 2. The Kier molecular flexibility index (Phi) is 3.33. The van der Waals surface area contributed by atoms with Gasteiger partial charge in [-0.2, -0.15) is 8.42 Å². The molecule has 0 saturated heterocycles. The van der Waals surface area contributed by atoms with Gasteiger partial charge in [0.1, 0.15) is 15.9 Å². The highest BCUT2D eigenvalue weighted by Crippen LogP contribution is 2.28. The number of para-hydroxylation sites is 1. The Hall–Kier alpha value is -1.73. The number of nitrogens with zero attached hydrogens (tertiary/aromatic N) is 3. The van der Waals surface area contributed by atoms with Crippen molar-refractivity contribution in [2.45, 2.75) is 18.7 Å². The number of hydrogen-bond donors (Lipinski definition) is 0. The summed E-state index contributed by atoms with van der Waals surface area (Å²) in [5.74, 6) is 0. The topological polar surface area (TPSA) is 64.8 Å². The van der Waals surface area contributed by atoms with Crippen LogP contribution in [0.5, 0.6) is 0 Å². The predicted molar refractivity (Wildman–Crippen MR) is 83.7 cm³/mol. The molecule has 21 heavy (non-hydrogen) atoms. The molecule has 3 rings (SSSR count). The maximum Gasteiger partial charge on any atom is 0.286 e. The molecule has 108 valence electrons. The van der Waals surface area contributed by atoms with Crippen molar-refractivity contribution < 1.29 is 8.42 Å². The first-order chi connectivity index (χ1) is 9.91. The van der Waals surface area contributed by atoms with Crippen LogP contribution in [0.4, 0.5) is 0 Å². The molecule has 0 fully saturated rings. The highest BCUT2D eigenvalue weighted by molar-refractivity contribution is 9.10. The fraction of sp³-hybridized carbons (Fsp3) is 0.143. The van der Waals surface area contributed by atoms with E-state index in [2.05, 4.69) is 26.2 Å². The first-order valence-corrected chi connectivity index (χ1v) is 8.47. The Morgan fingerprint density at radius 2 is 1.76 bits per heavy atom. The van der Waals surface area contributed by atoms with E-state index in [4.69, 9.17) is 0 Å². The zero-order chi connectivity index (χ0) is 15.2. The van der Waals surface area contributed by atoms with Crippen LogP contribution in [-0.4, -0.2) is 22.8 Å². The molecular weight excluding hydrogens is 354 g/mol. The van der Waals surface area contributed by atoms with Crippen molar-refractivity contribution in [2.24, 2.45) is 0 Å². The van der Waals surface area contributed by atoms with Gasteiger partial charge in [-0.3, -0.25) is 0 Å². The van der Waals surface area contributed by atoms with Gasteiger partial charge in [-0.05, 0) is 65.2 Å². The minimum absolute atomic E-state index is 0.182. The molecule has 0 aliphatic heterocycles. The quantitative estimate of drug-likeness (QED) is 0.699. The highest BCUT2D eigenvalue weighted by Gasteiger charge is 2.24. The lowest BCUT2D eigenvalue weighted by Crippen LogP contribution is -2.15. The Morgan fingerprint density at radius 3 is 2.52 bits per heavy atom. The van der Waals surface area contributed by atoms with Crippen LogP contribution in [0.1, 0.15) is 11.1 Å². The predicted octanol–water partition coefficient (Wildman–Crippen LogP) is 3.05. The zero-order valence-electron chi connectivity index (χ0n) is 11.4. The third-order valence-corrected chi connectivity index (χ3v) is 5.91. The van der Waals surface area contributed by atoms with E-state index in [1.807, 2.05) is 13.8 Å². The molecule has 0 bridgehead atoms. The van der Waals surface area contributed by atoms with Crippen LogP contribution in [0.15, 0.2) is 45.8 Å². The summed E-state index contributed by atoms with van der Waals surface area (Å²) in [6.45, 7) is 3.81. The average molecular weight is 366 g/mol. The minimum Gasteiger partial charge on any atom is -0.199 e.